The summed E-state index contributed by atoms with van der Waals surface area (Å²) >= 11 is 0. The SMILES string of the molecule is CC.CC=Nc1cc(C)c(C(=O)N(C)Cc2ccccc2C)cc1C. The van der Waals surface area contributed by atoms with Crippen molar-refractivity contribution in [2.45, 2.75) is 48.1 Å². The molecule has 0 unspecified atom stereocenters. The first kappa shape index (κ1) is 20.6. The predicted octanol–water partition coefficient (Wildman–Crippen LogP) is 5.63. The highest BCUT2D eigenvalue weighted by Crippen LogP contribution is 2.24. The van der Waals surface area contributed by atoms with Crippen LogP contribution in [0, 0.1) is 20.8 Å². The molecule has 25 heavy (non-hydrogen) atoms. The Labute approximate surface area is 152 Å². The van der Waals surface area contributed by atoms with E-state index in [-0.39, 0.29) is 5.91 Å². The fraction of sp³-hybridized carbons (Fsp3) is 0.364. The Balaban J connectivity index is 0.00000151. The number of rotatable bonds is 4. The zero-order valence-corrected chi connectivity index (χ0v) is 16.6. The van der Waals surface area contributed by atoms with Crippen molar-refractivity contribution in [1.29, 1.82) is 0 Å². The normalized spacial score (nSPS) is 10.4. The van der Waals surface area contributed by atoms with Crippen LogP contribution in [0.15, 0.2) is 41.4 Å². The summed E-state index contributed by atoms with van der Waals surface area (Å²) in [7, 11) is 1.85. The van der Waals surface area contributed by atoms with E-state index >= 15 is 0 Å². The maximum absolute atomic E-state index is 12.8. The molecule has 0 aliphatic rings. The smallest absolute Gasteiger partial charge is 0.254 e. The third kappa shape index (κ3) is 5.28. The molecule has 0 bridgehead atoms. The molecular formula is C22H30N2O. The van der Waals surface area contributed by atoms with Crippen LogP contribution in [-0.4, -0.2) is 24.1 Å². The summed E-state index contributed by atoms with van der Waals surface area (Å²) < 4.78 is 0. The fourth-order valence-corrected chi connectivity index (χ4v) is 2.63. The van der Waals surface area contributed by atoms with E-state index in [0.29, 0.717) is 6.54 Å². The summed E-state index contributed by atoms with van der Waals surface area (Å²) in [6.45, 7) is 12.5. The van der Waals surface area contributed by atoms with Gasteiger partial charge in [-0.15, -0.1) is 0 Å². The molecule has 0 atom stereocenters. The Morgan fingerprint density at radius 3 is 2.28 bits per heavy atom. The average molecular weight is 338 g/mol. The molecule has 0 aliphatic carbocycles. The van der Waals surface area contributed by atoms with Gasteiger partial charge in [0.05, 0.1) is 5.69 Å². The molecule has 134 valence electrons. The Morgan fingerprint density at radius 1 is 1.04 bits per heavy atom. The van der Waals surface area contributed by atoms with Gasteiger partial charge in [-0.05, 0) is 62.1 Å². The molecule has 0 radical (unpaired) electrons. The molecule has 0 aromatic heterocycles. The molecule has 3 nitrogen and oxygen atoms in total. The third-order valence-electron chi connectivity index (χ3n) is 4.06. The predicted molar refractivity (Wildman–Crippen MR) is 108 cm³/mol. The number of nitrogens with zero attached hydrogens (tertiary/aromatic N) is 2. The summed E-state index contributed by atoms with van der Waals surface area (Å²) in [4.78, 5) is 18.9. The maximum atomic E-state index is 12.8. The van der Waals surface area contributed by atoms with E-state index in [1.807, 2.05) is 65.9 Å². The number of aliphatic imine (C=N–C) groups is 1. The van der Waals surface area contributed by atoms with Crippen molar-refractivity contribution in [2.75, 3.05) is 7.05 Å². The first-order valence-corrected chi connectivity index (χ1v) is 8.84. The van der Waals surface area contributed by atoms with Gasteiger partial charge in [-0.25, -0.2) is 0 Å². The zero-order valence-electron chi connectivity index (χ0n) is 16.6. The minimum atomic E-state index is 0.0425. The third-order valence-corrected chi connectivity index (χ3v) is 4.06. The molecule has 2 rings (SSSR count). The highest BCUT2D eigenvalue weighted by atomic mass is 16.2. The Hall–Kier alpha value is -2.42. The minimum absolute atomic E-state index is 0.0425. The van der Waals surface area contributed by atoms with Gasteiger partial charge in [-0.1, -0.05) is 38.1 Å². The van der Waals surface area contributed by atoms with Crippen LogP contribution in [0.1, 0.15) is 53.4 Å². The molecule has 0 saturated heterocycles. The fourth-order valence-electron chi connectivity index (χ4n) is 2.63. The van der Waals surface area contributed by atoms with E-state index in [1.165, 1.54) is 11.1 Å². The first-order valence-electron chi connectivity index (χ1n) is 8.84. The molecule has 0 spiro atoms. The minimum Gasteiger partial charge on any atom is -0.337 e. The molecule has 0 N–H and O–H groups in total. The number of amides is 1. The van der Waals surface area contributed by atoms with Crippen molar-refractivity contribution < 1.29 is 4.79 Å². The van der Waals surface area contributed by atoms with Gasteiger partial charge >= 0.3 is 0 Å². The van der Waals surface area contributed by atoms with E-state index in [1.54, 1.807) is 11.1 Å². The van der Waals surface area contributed by atoms with E-state index in [2.05, 4.69) is 24.0 Å². The van der Waals surface area contributed by atoms with Crippen molar-refractivity contribution in [2.24, 2.45) is 4.99 Å². The van der Waals surface area contributed by atoms with Crippen LogP contribution >= 0.6 is 0 Å². The van der Waals surface area contributed by atoms with Crippen LogP contribution < -0.4 is 0 Å². The van der Waals surface area contributed by atoms with E-state index in [9.17, 15) is 4.79 Å². The second kappa shape index (κ2) is 9.77. The van der Waals surface area contributed by atoms with Gasteiger partial charge in [0.1, 0.15) is 0 Å². The van der Waals surface area contributed by atoms with Crippen molar-refractivity contribution in [1.82, 2.24) is 4.90 Å². The molecule has 2 aromatic rings. The zero-order chi connectivity index (χ0) is 19.0. The second-order valence-electron chi connectivity index (χ2n) is 5.93. The molecule has 0 fully saturated rings. The van der Waals surface area contributed by atoms with Gasteiger partial charge in [0.15, 0.2) is 0 Å². The van der Waals surface area contributed by atoms with E-state index < -0.39 is 0 Å². The lowest BCUT2D eigenvalue weighted by molar-refractivity contribution is 0.0784. The van der Waals surface area contributed by atoms with Crippen molar-refractivity contribution >= 4 is 17.8 Å². The molecule has 2 aromatic carbocycles. The van der Waals surface area contributed by atoms with Crippen LogP contribution in [0.3, 0.4) is 0 Å². The van der Waals surface area contributed by atoms with E-state index in [4.69, 9.17) is 0 Å². The number of carbonyl (C=O) groups excluding carboxylic acids is 1. The summed E-state index contributed by atoms with van der Waals surface area (Å²) in [6.07, 6.45) is 1.77. The van der Waals surface area contributed by atoms with Crippen molar-refractivity contribution in [3.63, 3.8) is 0 Å². The number of aryl methyl sites for hydroxylation is 3. The average Bonchev–Trinajstić information content (AvgIpc) is 2.61. The van der Waals surface area contributed by atoms with Gasteiger partial charge < -0.3 is 4.90 Å². The molecule has 0 heterocycles. The van der Waals surface area contributed by atoms with Crippen LogP contribution in [0.2, 0.25) is 0 Å². The number of carbonyl (C=O) groups is 1. The quantitative estimate of drug-likeness (QED) is 0.665. The highest BCUT2D eigenvalue weighted by Gasteiger charge is 2.16. The van der Waals surface area contributed by atoms with Gasteiger partial charge in [-0.2, -0.15) is 0 Å². The van der Waals surface area contributed by atoms with Crippen LogP contribution in [0.4, 0.5) is 5.69 Å². The Bertz CT molecular complexity index is 748. The Kier molecular flexibility index (Phi) is 8.06. The summed E-state index contributed by atoms with van der Waals surface area (Å²) in [6, 6.07) is 12.1. The van der Waals surface area contributed by atoms with Crippen molar-refractivity contribution in [3.8, 4) is 0 Å². The van der Waals surface area contributed by atoms with Crippen LogP contribution in [0.25, 0.3) is 0 Å². The molecular weight excluding hydrogens is 308 g/mol. The number of benzene rings is 2. The highest BCUT2D eigenvalue weighted by molar-refractivity contribution is 5.96. The van der Waals surface area contributed by atoms with Crippen LogP contribution in [-0.2, 0) is 6.54 Å². The molecule has 3 heteroatoms. The van der Waals surface area contributed by atoms with Gasteiger partial charge in [0.25, 0.3) is 5.91 Å². The first-order chi connectivity index (χ1) is 11.9. The van der Waals surface area contributed by atoms with Crippen LogP contribution in [0.5, 0.6) is 0 Å². The summed E-state index contributed by atoms with van der Waals surface area (Å²) in [5, 5.41) is 0. The van der Waals surface area contributed by atoms with E-state index in [0.717, 1.165) is 22.4 Å². The summed E-state index contributed by atoms with van der Waals surface area (Å²) in [5.41, 5.74) is 6.01. The van der Waals surface area contributed by atoms with Crippen molar-refractivity contribution in [3.05, 3.63) is 64.2 Å². The molecule has 0 aliphatic heterocycles. The number of hydrogen-bond acceptors (Lipinski definition) is 2. The maximum Gasteiger partial charge on any atom is 0.254 e. The molecule has 1 amide bonds. The van der Waals surface area contributed by atoms with Gasteiger partial charge in [0, 0.05) is 25.4 Å². The monoisotopic (exact) mass is 338 g/mol. The second-order valence-corrected chi connectivity index (χ2v) is 5.93. The van der Waals surface area contributed by atoms with Gasteiger partial charge in [0.2, 0.25) is 0 Å². The topological polar surface area (TPSA) is 32.7 Å². The Morgan fingerprint density at radius 2 is 1.68 bits per heavy atom. The lowest BCUT2D eigenvalue weighted by Gasteiger charge is -2.20. The number of hydrogen-bond donors (Lipinski definition) is 0. The lowest BCUT2D eigenvalue weighted by atomic mass is 10.0. The lowest BCUT2D eigenvalue weighted by Crippen LogP contribution is -2.27. The van der Waals surface area contributed by atoms with Gasteiger partial charge in [-0.3, -0.25) is 9.79 Å². The largest absolute Gasteiger partial charge is 0.337 e. The standard InChI is InChI=1S/C20H24N2O.C2H6/c1-6-21-19-12-15(3)18(11-16(19)4)20(23)22(5)13-17-10-8-7-9-14(17)2;1-2/h6-12H,13H2,1-5H3;1-2H3. The molecule has 0 saturated carbocycles. The summed E-state index contributed by atoms with van der Waals surface area (Å²) in [5.74, 6) is 0.0425.